The zero-order valence-electron chi connectivity index (χ0n) is 14.4. The zero-order chi connectivity index (χ0) is 17.6. The summed E-state index contributed by atoms with van der Waals surface area (Å²) in [5, 5.41) is 5.92. The molecular weight excluding hydrogens is 366 g/mol. The molecule has 1 atom stereocenters. The summed E-state index contributed by atoms with van der Waals surface area (Å²) >= 11 is 0. The predicted molar refractivity (Wildman–Crippen MR) is 101 cm³/mol. The average molecular weight is 392 g/mol. The largest absolute Gasteiger partial charge is 0.491 e. The average Bonchev–Trinajstić information content (AvgIpc) is 2.48. The van der Waals surface area contributed by atoms with Gasteiger partial charge in [0.2, 0.25) is 15.9 Å². The van der Waals surface area contributed by atoms with Crippen LogP contribution in [0.1, 0.15) is 26.7 Å². The summed E-state index contributed by atoms with van der Waals surface area (Å²) in [6.07, 6.45) is 1.88. The van der Waals surface area contributed by atoms with Crippen molar-refractivity contribution in [2.45, 2.75) is 38.8 Å². The molecule has 1 amide bonds. The lowest BCUT2D eigenvalue weighted by molar-refractivity contribution is -0.119. The van der Waals surface area contributed by atoms with Gasteiger partial charge in [-0.2, -0.15) is 0 Å². The summed E-state index contributed by atoms with van der Waals surface area (Å²) in [5.74, 6) is -0.417. The first-order valence-corrected chi connectivity index (χ1v) is 9.76. The van der Waals surface area contributed by atoms with Gasteiger partial charge in [-0.15, -0.1) is 12.4 Å². The first-order valence-electron chi connectivity index (χ1n) is 8.11. The quantitative estimate of drug-likeness (QED) is 0.654. The molecule has 1 aliphatic rings. The van der Waals surface area contributed by atoms with Crippen LogP contribution < -0.4 is 20.1 Å². The van der Waals surface area contributed by atoms with Gasteiger partial charge in [0, 0.05) is 18.3 Å². The van der Waals surface area contributed by atoms with Crippen LogP contribution in [0.25, 0.3) is 0 Å². The first kappa shape index (κ1) is 21.5. The van der Waals surface area contributed by atoms with Crippen molar-refractivity contribution in [1.29, 1.82) is 0 Å². The van der Waals surface area contributed by atoms with Gasteiger partial charge in [0.05, 0.1) is 6.10 Å². The molecule has 3 N–H and O–H groups in total. The number of halogens is 1. The number of hydrogen-bond acceptors (Lipinski definition) is 5. The van der Waals surface area contributed by atoms with Gasteiger partial charge in [0.15, 0.2) is 0 Å². The highest BCUT2D eigenvalue weighted by molar-refractivity contribution is 7.93. The number of carbonyl (C=O) groups excluding carboxylic acids is 1. The third-order valence-corrected chi connectivity index (χ3v) is 4.67. The number of amides is 1. The SMILES string of the molecule is CC(C)Oc1ccc(NS(=O)(=O)CC(=O)NC2CCCNC2)cc1.Cl. The Hall–Kier alpha value is -1.51. The number of carbonyl (C=O) groups is 1. The van der Waals surface area contributed by atoms with Crippen LogP contribution in [0.5, 0.6) is 5.75 Å². The van der Waals surface area contributed by atoms with Gasteiger partial charge in [-0.05, 0) is 57.5 Å². The molecule has 1 aliphatic heterocycles. The highest BCUT2D eigenvalue weighted by atomic mass is 35.5. The second kappa shape index (κ2) is 9.84. The van der Waals surface area contributed by atoms with Gasteiger partial charge in [-0.25, -0.2) is 8.42 Å². The second-order valence-corrected chi connectivity index (χ2v) is 7.89. The Morgan fingerprint density at radius 1 is 1.32 bits per heavy atom. The molecule has 0 radical (unpaired) electrons. The maximum absolute atomic E-state index is 12.1. The number of ether oxygens (including phenoxy) is 1. The van der Waals surface area contributed by atoms with Gasteiger partial charge in [0.25, 0.3) is 0 Å². The number of sulfonamides is 1. The monoisotopic (exact) mass is 391 g/mol. The lowest BCUT2D eigenvalue weighted by Gasteiger charge is -2.23. The molecule has 1 unspecified atom stereocenters. The smallest absolute Gasteiger partial charge is 0.241 e. The van der Waals surface area contributed by atoms with Crippen molar-refractivity contribution in [2.24, 2.45) is 0 Å². The van der Waals surface area contributed by atoms with Crippen molar-refractivity contribution in [2.75, 3.05) is 23.6 Å². The molecule has 9 heteroatoms. The molecule has 2 rings (SSSR count). The Morgan fingerprint density at radius 2 is 2.00 bits per heavy atom. The Bertz CT molecular complexity index is 644. The lowest BCUT2D eigenvalue weighted by atomic mass is 10.1. The van der Waals surface area contributed by atoms with Gasteiger partial charge >= 0.3 is 0 Å². The number of anilines is 1. The summed E-state index contributed by atoms with van der Waals surface area (Å²) in [6.45, 7) is 5.44. The fraction of sp³-hybridized carbons (Fsp3) is 0.562. The van der Waals surface area contributed by atoms with E-state index in [1.54, 1.807) is 24.3 Å². The zero-order valence-corrected chi connectivity index (χ0v) is 16.1. The maximum atomic E-state index is 12.1. The van der Waals surface area contributed by atoms with E-state index < -0.39 is 21.7 Å². The molecule has 0 aromatic heterocycles. The summed E-state index contributed by atoms with van der Waals surface area (Å²) in [5.41, 5.74) is 0.401. The molecule has 0 saturated carbocycles. The van der Waals surface area contributed by atoms with Crippen LogP contribution in [0.4, 0.5) is 5.69 Å². The van der Waals surface area contributed by atoms with Crippen molar-refractivity contribution in [3.05, 3.63) is 24.3 Å². The Balaban J connectivity index is 0.00000312. The number of benzene rings is 1. The van der Waals surface area contributed by atoms with Crippen molar-refractivity contribution in [1.82, 2.24) is 10.6 Å². The van der Waals surface area contributed by atoms with Crippen molar-refractivity contribution < 1.29 is 17.9 Å². The fourth-order valence-electron chi connectivity index (χ4n) is 2.51. The van der Waals surface area contributed by atoms with Gasteiger partial charge in [-0.3, -0.25) is 9.52 Å². The summed E-state index contributed by atoms with van der Waals surface area (Å²) in [6, 6.07) is 6.59. The number of rotatable bonds is 7. The van der Waals surface area contributed by atoms with E-state index >= 15 is 0 Å². The fourth-order valence-corrected chi connectivity index (χ4v) is 3.50. The highest BCUT2D eigenvalue weighted by Gasteiger charge is 2.20. The topological polar surface area (TPSA) is 96.5 Å². The molecule has 1 fully saturated rings. The Kier molecular flexibility index (Phi) is 8.47. The van der Waals surface area contributed by atoms with E-state index in [0.29, 0.717) is 18.0 Å². The third kappa shape index (κ3) is 7.94. The number of piperidine rings is 1. The first-order chi connectivity index (χ1) is 11.3. The molecule has 0 aliphatic carbocycles. The molecule has 1 heterocycles. The molecule has 25 heavy (non-hydrogen) atoms. The predicted octanol–water partition coefficient (Wildman–Crippen LogP) is 1.51. The summed E-state index contributed by atoms with van der Waals surface area (Å²) in [7, 11) is -3.74. The van der Waals surface area contributed by atoms with Crippen molar-refractivity contribution in [3.63, 3.8) is 0 Å². The van der Waals surface area contributed by atoms with Gasteiger partial charge in [0.1, 0.15) is 11.5 Å². The van der Waals surface area contributed by atoms with Gasteiger partial charge < -0.3 is 15.4 Å². The van der Waals surface area contributed by atoms with Gasteiger partial charge in [-0.1, -0.05) is 0 Å². The molecule has 142 valence electrons. The molecule has 1 aromatic rings. The Labute approximate surface area is 155 Å². The van der Waals surface area contributed by atoms with Crippen LogP contribution in [-0.2, 0) is 14.8 Å². The van der Waals surface area contributed by atoms with E-state index in [1.807, 2.05) is 13.8 Å². The Morgan fingerprint density at radius 3 is 2.56 bits per heavy atom. The van der Waals surface area contributed by atoms with Crippen LogP contribution in [0, 0.1) is 0 Å². The summed E-state index contributed by atoms with van der Waals surface area (Å²) < 4.78 is 32.1. The number of nitrogens with one attached hydrogen (secondary N) is 3. The van der Waals surface area contributed by atoms with E-state index in [9.17, 15) is 13.2 Å². The molecule has 0 bridgehead atoms. The minimum atomic E-state index is -3.74. The van der Waals surface area contributed by atoms with Crippen LogP contribution in [0.2, 0.25) is 0 Å². The van der Waals surface area contributed by atoms with E-state index in [1.165, 1.54) is 0 Å². The minimum absolute atomic E-state index is 0. The van der Waals surface area contributed by atoms with E-state index in [4.69, 9.17) is 4.74 Å². The maximum Gasteiger partial charge on any atom is 0.241 e. The summed E-state index contributed by atoms with van der Waals surface area (Å²) in [4.78, 5) is 11.9. The highest BCUT2D eigenvalue weighted by Crippen LogP contribution is 2.17. The normalized spacial score (nSPS) is 17.5. The molecule has 0 spiro atoms. The van der Waals surface area contributed by atoms with Crippen LogP contribution in [-0.4, -0.2) is 45.3 Å². The number of hydrogen-bond donors (Lipinski definition) is 3. The molecule has 1 saturated heterocycles. The van der Waals surface area contributed by atoms with E-state index in [-0.39, 0.29) is 24.6 Å². The van der Waals surface area contributed by atoms with Crippen molar-refractivity contribution in [3.8, 4) is 5.75 Å². The van der Waals surface area contributed by atoms with Crippen LogP contribution >= 0.6 is 12.4 Å². The van der Waals surface area contributed by atoms with Crippen LogP contribution in [0.3, 0.4) is 0 Å². The van der Waals surface area contributed by atoms with E-state index in [0.717, 1.165) is 19.4 Å². The van der Waals surface area contributed by atoms with Crippen LogP contribution in [0.15, 0.2) is 24.3 Å². The second-order valence-electron chi connectivity index (χ2n) is 6.16. The van der Waals surface area contributed by atoms with Crippen molar-refractivity contribution >= 4 is 34.0 Å². The standard InChI is InChI=1S/C16H25N3O4S.ClH/c1-12(2)23-15-7-5-13(6-8-15)19-24(21,22)11-16(20)18-14-4-3-9-17-10-14;/h5-8,12,14,17,19H,3-4,9-11H2,1-2H3,(H,18,20);1H. The minimum Gasteiger partial charge on any atom is -0.491 e. The molecular formula is C16H26ClN3O4S. The third-order valence-electron chi connectivity index (χ3n) is 3.48. The molecule has 7 nitrogen and oxygen atoms in total. The lowest BCUT2D eigenvalue weighted by Crippen LogP contribution is -2.47. The van der Waals surface area contributed by atoms with E-state index in [2.05, 4.69) is 15.4 Å². The molecule has 1 aromatic carbocycles.